The summed E-state index contributed by atoms with van der Waals surface area (Å²) in [5, 5.41) is 7.53. The second kappa shape index (κ2) is 6.08. The normalized spacial score (nSPS) is 26.5. The van der Waals surface area contributed by atoms with E-state index in [1.165, 1.54) is 25.7 Å². The molecule has 1 amide bonds. The lowest BCUT2D eigenvalue weighted by Crippen LogP contribution is -2.40. The van der Waals surface area contributed by atoms with Crippen molar-refractivity contribution in [2.75, 3.05) is 0 Å². The third-order valence-corrected chi connectivity index (χ3v) is 6.00. The third kappa shape index (κ3) is 2.74. The molecule has 4 atom stereocenters. The van der Waals surface area contributed by atoms with E-state index >= 15 is 0 Å². The zero-order valence-electron chi connectivity index (χ0n) is 14.4. The predicted molar refractivity (Wildman–Crippen MR) is 94.2 cm³/mol. The molecule has 24 heavy (non-hydrogen) atoms. The molecule has 0 saturated heterocycles. The number of hydrogen-bond acceptors (Lipinski definition) is 2. The van der Waals surface area contributed by atoms with Crippen LogP contribution in [0.4, 0.5) is 0 Å². The van der Waals surface area contributed by atoms with Gasteiger partial charge in [-0.15, -0.1) is 0 Å². The summed E-state index contributed by atoms with van der Waals surface area (Å²) >= 11 is 0. The number of amides is 1. The Bertz CT molecular complexity index is 734. The number of carbonyl (C=O) groups excluding carboxylic acids is 1. The highest BCUT2D eigenvalue weighted by Crippen LogP contribution is 2.49. The summed E-state index contributed by atoms with van der Waals surface area (Å²) in [4.78, 5) is 12.5. The van der Waals surface area contributed by atoms with Crippen LogP contribution in [0.1, 0.15) is 48.7 Å². The van der Waals surface area contributed by atoms with Crippen LogP contribution in [0.3, 0.4) is 0 Å². The molecule has 2 fully saturated rings. The van der Waals surface area contributed by atoms with E-state index in [0.29, 0.717) is 5.92 Å². The van der Waals surface area contributed by atoms with Crippen molar-refractivity contribution in [1.82, 2.24) is 15.1 Å². The number of fused-ring (bicyclic) bond motifs is 2. The molecule has 2 aliphatic carbocycles. The lowest BCUT2D eigenvalue weighted by Gasteiger charge is -2.28. The van der Waals surface area contributed by atoms with E-state index in [1.54, 1.807) is 6.20 Å². The molecule has 1 heterocycles. The first-order valence-electron chi connectivity index (χ1n) is 9.04. The third-order valence-electron chi connectivity index (χ3n) is 6.00. The smallest absolute Gasteiger partial charge is 0.251 e. The number of nitrogens with one attached hydrogen (secondary N) is 1. The van der Waals surface area contributed by atoms with Gasteiger partial charge in [0, 0.05) is 23.5 Å². The fraction of sp³-hybridized carbons (Fsp3) is 0.500. The second-order valence-corrected chi connectivity index (χ2v) is 7.53. The van der Waals surface area contributed by atoms with E-state index in [-0.39, 0.29) is 11.9 Å². The van der Waals surface area contributed by atoms with Crippen molar-refractivity contribution in [1.29, 1.82) is 0 Å². The molecule has 126 valence electrons. The van der Waals surface area contributed by atoms with Crippen molar-refractivity contribution >= 4 is 5.91 Å². The zero-order valence-corrected chi connectivity index (χ0v) is 14.4. The maximum absolute atomic E-state index is 12.5. The Morgan fingerprint density at radius 3 is 2.58 bits per heavy atom. The molecule has 0 aliphatic heterocycles. The van der Waals surface area contributed by atoms with Crippen molar-refractivity contribution in [3.05, 3.63) is 47.8 Å². The summed E-state index contributed by atoms with van der Waals surface area (Å²) in [5.41, 5.74) is 2.78. The van der Waals surface area contributed by atoms with Crippen molar-refractivity contribution in [2.24, 2.45) is 17.8 Å². The molecule has 2 saturated carbocycles. The maximum Gasteiger partial charge on any atom is 0.251 e. The first-order chi connectivity index (χ1) is 11.6. The largest absolute Gasteiger partial charge is 0.349 e. The van der Waals surface area contributed by atoms with Crippen LogP contribution in [-0.2, 0) is 0 Å². The quantitative estimate of drug-likeness (QED) is 0.932. The monoisotopic (exact) mass is 323 g/mol. The molecular weight excluding hydrogens is 298 g/mol. The Balaban J connectivity index is 1.42. The molecule has 4 heteroatoms. The van der Waals surface area contributed by atoms with Gasteiger partial charge < -0.3 is 5.32 Å². The van der Waals surface area contributed by atoms with Gasteiger partial charge in [0.2, 0.25) is 0 Å². The molecule has 1 aromatic heterocycles. The number of carbonyl (C=O) groups is 1. The van der Waals surface area contributed by atoms with Gasteiger partial charge in [0.25, 0.3) is 5.91 Å². The molecule has 1 aromatic carbocycles. The van der Waals surface area contributed by atoms with Crippen LogP contribution in [0.5, 0.6) is 0 Å². The molecule has 2 bridgehead atoms. The SMILES string of the molecule is Cc1ccnn1-c1ccc(C(=O)NC(C)C2CC3CCC2C3)cc1. The summed E-state index contributed by atoms with van der Waals surface area (Å²) < 4.78 is 1.87. The lowest BCUT2D eigenvalue weighted by molar-refractivity contribution is 0.0915. The van der Waals surface area contributed by atoms with E-state index in [1.807, 2.05) is 41.9 Å². The molecule has 4 rings (SSSR count). The molecule has 2 aliphatic rings. The van der Waals surface area contributed by atoms with E-state index < -0.39 is 0 Å². The summed E-state index contributed by atoms with van der Waals surface area (Å²) in [5.74, 6) is 2.44. The summed E-state index contributed by atoms with van der Waals surface area (Å²) in [6, 6.07) is 9.92. The number of benzene rings is 1. The number of aromatic nitrogens is 2. The van der Waals surface area contributed by atoms with Crippen molar-refractivity contribution in [2.45, 2.75) is 45.6 Å². The molecule has 4 nitrogen and oxygen atoms in total. The fourth-order valence-electron chi connectivity index (χ4n) is 4.70. The molecule has 0 spiro atoms. The van der Waals surface area contributed by atoms with Crippen LogP contribution in [0.15, 0.2) is 36.5 Å². The van der Waals surface area contributed by atoms with Crippen LogP contribution >= 0.6 is 0 Å². The van der Waals surface area contributed by atoms with Crippen LogP contribution < -0.4 is 5.32 Å². The predicted octanol–water partition coefficient (Wildman–Crippen LogP) is 3.74. The standard InChI is InChI=1S/C20H25N3O/c1-13-9-10-21-23(13)18-7-5-16(6-8-18)20(24)22-14(2)19-12-15-3-4-17(19)11-15/h5-10,14-15,17,19H,3-4,11-12H2,1-2H3,(H,22,24). The number of rotatable bonds is 4. The Hall–Kier alpha value is -2.10. The zero-order chi connectivity index (χ0) is 16.7. The van der Waals surface area contributed by atoms with Gasteiger partial charge in [-0.25, -0.2) is 4.68 Å². The topological polar surface area (TPSA) is 46.9 Å². The van der Waals surface area contributed by atoms with Gasteiger partial charge in [-0.2, -0.15) is 5.10 Å². The van der Waals surface area contributed by atoms with Gasteiger partial charge in [-0.1, -0.05) is 6.42 Å². The maximum atomic E-state index is 12.5. The first kappa shape index (κ1) is 15.4. The van der Waals surface area contributed by atoms with Crippen molar-refractivity contribution in [3.8, 4) is 5.69 Å². The Kier molecular flexibility index (Phi) is 3.91. The van der Waals surface area contributed by atoms with Gasteiger partial charge in [0.1, 0.15) is 0 Å². The molecular formula is C20H25N3O. The van der Waals surface area contributed by atoms with E-state index in [0.717, 1.165) is 28.8 Å². The van der Waals surface area contributed by atoms with Crippen molar-refractivity contribution in [3.63, 3.8) is 0 Å². The summed E-state index contributed by atoms with van der Waals surface area (Å²) in [6.07, 6.45) is 7.21. The molecule has 4 unspecified atom stereocenters. The Labute approximate surface area is 143 Å². The minimum Gasteiger partial charge on any atom is -0.349 e. The average Bonchev–Trinajstić information content (AvgIpc) is 3.31. The van der Waals surface area contributed by atoms with Crippen LogP contribution in [0, 0.1) is 24.7 Å². The summed E-state index contributed by atoms with van der Waals surface area (Å²) in [6.45, 7) is 4.19. The molecule has 2 aromatic rings. The van der Waals surface area contributed by atoms with Gasteiger partial charge >= 0.3 is 0 Å². The highest BCUT2D eigenvalue weighted by atomic mass is 16.1. The van der Waals surface area contributed by atoms with Gasteiger partial charge in [0.05, 0.1) is 5.69 Å². The average molecular weight is 323 g/mol. The highest BCUT2D eigenvalue weighted by molar-refractivity contribution is 5.94. The van der Waals surface area contributed by atoms with Gasteiger partial charge in [-0.05, 0) is 81.2 Å². The number of nitrogens with zero attached hydrogens (tertiary/aromatic N) is 2. The van der Waals surface area contributed by atoms with Crippen LogP contribution in [0.25, 0.3) is 5.69 Å². The Morgan fingerprint density at radius 1 is 1.21 bits per heavy atom. The Morgan fingerprint density at radius 2 is 2.00 bits per heavy atom. The number of aryl methyl sites for hydroxylation is 1. The first-order valence-corrected chi connectivity index (χ1v) is 9.04. The van der Waals surface area contributed by atoms with E-state index in [9.17, 15) is 4.79 Å². The molecule has 0 radical (unpaired) electrons. The second-order valence-electron chi connectivity index (χ2n) is 7.53. The molecule has 1 N–H and O–H groups in total. The number of hydrogen-bond donors (Lipinski definition) is 1. The summed E-state index contributed by atoms with van der Waals surface area (Å²) in [7, 11) is 0. The lowest BCUT2D eigenvalue weighted by atomic mass is 9.84. The van der Waals surface area contributed by atoms with E-state index in [2.05, 4.69) is 17.3 Å². The van der Waals surface area contributed by atoms with Gasteiger partial charge in [0.15, 0.2) is 0 Å². The minimum absolute atomic E-state index is 0.0361. The highest BCUT2D eigenvalue weighted by Gasteiger charge is 2.42. The van der Waals surface area contributed by atoms with Crippen molar-refractivity contribution < 1.29 is 4.79 Å². The minimum atomic E-state index is 0.0361. The van der Waals surface area contributed by atoms with Crippen LogP contribution in [0.2, 0.25) is 0 Å². The van der Waals surface area contributed by atoms with E-state index in [4.69, 9.17) is 0 Å². The van der Waals surface area contributed by atoms with Gasteiger partial charge in [-0.3, -0.25) is 4.79 Å². The fourth-order valence-corrected chi connectivity index (χ4v) is 4.70. The van der Waals surface area contributed by atoms with Crippen LogP contribution in [-0.4, -0.2) is 21.7 Å².